The summed E-state index contributed by atoms with van der Waals surface area (Å²) in [5.74, 6) is 0.190. The molecule has 0 spiro atoms. The van der Waals surface area contributed by atoms with Crippen molar-refractivity contribution in [1.29, 1.82) is 0 Å². The molecule has 1 amide bonds. The van der Waals surface area contributed by atoms with Crippen LogP contribution in [0, 0.1) is 6.92 Å². The Morgan fingerprint density at radius 2 is 1.94 bits per heavy atom. The lowest BCUT2D eigenvalue weighted by atomic mass is 10.2. The van der Waals surface area contributed by atoms with Gasteiger partial charge in [0.05, 0.1) is 37.0 Å². The Morgan fingerprint density at radius 3 is 2.58 bits per heavy atom. The summed E-state index contributed by atoms with van der Waals surface area (Å²) in [6.07, 6.45) is 1.43. The van der Waals surface area contributed by atoms with Crippen molar-refractivity contribution >= 4 is 44.8 Å². The van der Waals surface area contributed by atoms with E-state index in [-0.39, 0.29) is 16.5 Å². The molecule has 0 aliphatic heterocycles. The zero-order chi connectivity index (χ0) is 22.6. The average molecular weight is 483 g/mol. The third kappa shape index (κ3) is 5.59. The van der Waals surface area contributed by atoms with Gasteiger partial charge in [-0.05, 0) is 48.9 Å². The van der Waals surface area contributed by atoms with Gasteiger partial charge in [0, 0.05) is 16.1 Å². The van der Waals surface area contributed by atoms with Crippen molar-refractivity contribution in [2.24, 2.45) is 0 Å². The highest BCUT2D eigenvalue weighted by Gasteiger charge is 2.28. The van der Waals surface area contributed by atoms with Gasteiger partial charge in [0.1, 0.15) is 11.5 Å². The zero-order valence-corrected chi connectivity index (χ0v) is 19.1. The van der Waals surface area contributed by atoms with Crippen LogP contribution in [0.1, 0.15) is 11.3 Å². The number of amides is 1. The van der Waals surface area contributed by atoms with Gasteiger partial charge in [-0.1, -0.05) is 29.3 Å². The van der Waals surface area contributed by atoms with E-state index in [1.54, 1.807) is 37.3 Å². The summed E-state index contributed by atoms with van der Waals surface area (Å²) in [6.45, 7) is 1.19. The summed E-state index contributed by atoms with van der Waals surface area (Å²) in [5.41, 5.74) is 1.12. The average Bonchev–Trinajstić information content (AvgIpc) is 3.23. The standard InChI is InChI=1S/C21H20Cl2N2O5S/c1-14-9-19(20(29-2)11-18(14)23)24-21(26)13-25(12-16-6-4-8-30-16)31(27,28)17-7-3-5-15(22)10-17/h3-11H,12-13H2,1-2H3,(H,24,26). The van der Waals surface area contributed by atoms with Crippen LogP contribution in [0.15, 0.2) is 64.1 Å². The summed E-state index contributed by atoms with van der Waals surface area (Å²) < 4.78 is 38.0. The first-order valence-electron chi connectivity index (χ1n) is 9.13. The van der Waals surface area contributed by atoms with Gasteiger partial charge in [-0.15, -0.1) is 0 Å². The van der Waals surface area contributed by atoms with Crippen LogP contribution in [0.25, 0.3) is 0 Å². The highest BCUT2D eigenvalue weighted by Crippen LogP contribution is 2.31. The first kappa shape index (κ1) is 23.1. The molecule has 164 valence electrons. The molecule has 0 atom stereocenters. The molecule has 1 aromatic heterocycles. The van der Waals surface area contributed by atoms with E-state index in [4.69, 9.17) is 32.4 Å². The van der Waals surface area contributed by atoms with Crippen LogP contribution < -0.4 is 10.1 Å². The van der Waals surface area contributed by atoms with Crippen LogP contribution in [0.3, 0.4) is 0 Å². The second-order valence-electron chi connectivity index (χ2n) is 6.66. The van der Waals surface area contributed by atoms with Crippen molar-refractivity contribution in [2.75, 3.05) is 19.0 Å². The number of carbonyl (C=O) groups is 1. The summed E-state index contributed by atoms with van der Waals surface area (Å²) >= 11 is 12.1. The van der Waals surface area contributed by atoms with E-state index in [2.05, 4.69) is 5.32 Å². The predicted octanol–water partition coefficient (Wildman–Crippen LogP) is 4.73. The van der Waals surface area contributed by atoms with Crippen molar-refractivity contribution in [2.45, 2.75) is 18.4 Å². The van der Waals surface area contributed by atoms with Crippen LogP contribution >= 0.6 is 23.2 Å². The lowest BCUT2D eigenvalue weighted by Crippen LogP contribution is -2.37. The van der Waals surface area contributed by atoms with E-state index in [0.29, 0.717) is 22.2 Å². The number of hydrogen-bond donors (Lipinski definition) is 1. The number of halogens is 2. The van der Waals surface area contributed by atoms with Gasteiger partial charge in [-0.25, -0.2) is 8.42 Å². The maximum Gasteiger partial charge on any atom is 0.244 e. The van der Waals surface area contributed by atoms with Crippen LogP contribution in [-0.4, -0.2) is 32.3 Å². The minimum Gasteiger partial charge on any atom is -0.495 e. The third-order valence-corrected chi connectivity index (χ3v) is 6.85. The molecule has 0 aliphatic rings. The number of carbonyl (C=O) groups excluding carboxylic acids is 1. The molecule has 1 heterocycles. The van der Waals surface area contributed by atoms with Crippen molar-refractivity contribution in [1.82, 2.24) is 4.31 Å². The third-order valence-electron chi connectivity index (χ3n) is 4.42. The van der Waals surface area contributed by atoms with Gasteiger partial charge in [0.25, 0.3) is 0 Å². The summed E-state index contributed by atoms with van der Waals surface area (Å²) in [7, 11) is -2.59. The number of furan rings is 1. The molecule has 2 aromatic carbocycles. The molecule has 1 N–H and O–H groups in total. The summed E-state index contributed by atoms with van der Waals surface area (Å²) in [5, 5.41) is 3.44. The second kappa shape index (κ2) is 9.74. The molecule has 3 rings (SSSR count). The number of rotatable bonds is 8. The lowest BCUT2D eigenvalue weighted by Gasteiger charge is -2.21. The molecular weight excluding hydrogens is 463 g/mol. The minimum absolute atomic E-state index is 0.0284. The van der Waals surface area contributed by atoms with Gasteiger partial charge in [0.15, 0.2) is 0 Å². The topological polar surface area (TPSA) is 88.8 Å². The molecule has 0 radical (unpaired) electrons. The van der Waals surface area contributed by atoms with Crippen LogP contribution in [0.5, 0.6) is 5.75 Å². The molecule has 0 saturated carbocycles. The molecule has 0 saturated heterocycles. The van der Waals surface area contributed by atoms with Crippen molar-refractivity contribution in [3.63, 3.8) is 0 Å². The van der Waals surface area contributed by atoms with E-state index in [9.17, 15) is 13.2 Å². The maximum absolute atomic E-state index is 13.2. The van der Waals surface area contributed by atoms with Gasteiger partial charge >= 0.3 is 0 Å². The molecule has 31 heavy (non-hydrogen) atoms. The fraction of sp³-hybridized carbons (Fsp3) is 0.190. The summed E-state index contributed by atoms with van der Waals surface area (Å²) in [6, 6.07) is 12.3. The lowest BCUT2D eigenvalue weighted by molar-refractivity contribution is -0.116. The van der Waals surface area contributed by atoms with E-state index in [0.717, 1.165) is 9.87 Å². The Morgan fingerprint density at radius 1 is 1.16 bits per heavy atom. The fourth-order valence-electron chi connectivity index (χ4n) is 2.86. The van der Waals surface area contributed by atoms with E-state index in [1.165, 1.54) is 31.6 Å². The largest absolute Gasteiger partial charge is 0.495 e. The van der Waals surface area contributed by atoms with E-state index in [1.807, 2.05) is 0 Å². The molecule has 0 unspecified atom stereocenters. The molecule has 0 bridgehead atoms. The Labute approximate surface area is 190 Å². The molecule has 0 fully saturated rings. The van der Waals surface area contributed by atoms with Crippen molar-refractivity contribution < 1.29 is 22.4 Å². The molecule has 7 nitrogen and oxygen atoms in total. The van der Waals surface area contributed by atoms with Gasteiger partial charge in [0.2, 0.25) is 15.9 Å². The van der Waals surface area contributed by atoms with Crippen molar-refractivity contribution in [3.05, 3.63) is 76.2 Å². The minimum atomic E-state index is -4.04. The number of anilines is 1. The summed E-state index contributed by atoms with van der Waals surface area (Å²) in [4.78, 5) is 12.8. The van der Waals surface area contributed by atoms with Gasteiger partial charge in [-0.2, -0.15) is 4.31 Å². The molecule has 0 aliphatic carbocycles. The second-order valence-corrected chi connectivity index (χ2v) is 9.44. The number of methoxy groups -OCH3 is 1. The van der Waals surface area contributed by atoms with Crippen molar-refractivity contribution in [3.8, 4) is 5.75 Å². The number of hydrogen-bond acceptors (Lipinski definition) is 5. The quantitative estimate of drug-likeness (QED) is 0.500. The number of ether oxygens (including phenoxy) is 1. The monoisotopic (exact) mass is 482 g/mol. The first-order chi connectivity index (χ1) is 14.7. The number of benzene rings is 2. The molecular formula is C21H20Cl2N2O5S. The normalized spacial score (nSPS) is 11.5. The van der Waals surface area contributed by atoms with E-state index < -0.39 is 22.5 Å². The van der Waals surface area contributed by atoms with E-state index >= 15 is 0 Å². The van der Waals surface area contributed by atoms with Gasteiger partial charge < -0.3 is 14.5 Å². The highest BCUT2D eigenvalue weighted by atomic mass is 35.5. The van der Waals surface area contributed by atoms with Crippen LogP contribution in [0.4, 0.5) is 5.69 Å². The number of aryl methyl sites for hydroxylation is 1. The number of sulfonamides is 1. The Kier molecular flexibility index (Phi) is 7.27. The molecule has 3 aromatic rings. The SMILES string of the molecule is COc1cc(Cl)c(C)cc1NC(=O)CN(Cc1ccco1)S(=O)(=O)c1cccc(Cl)c1. The Bertz CT molecular complexity index is 1180. The highest BCUT2D eigenvalue weighted by molar-refractivity contribution is 7.89. The van der Waals surface area contributed by atoms with Crippen LogP contribution in [-0.2, 0) is 21.4 Å². The smallest absolute Gasteiger partial charge is 0.244 e. The fourth-order valence-corrected chi connectivity index (χ4v) is 4.68. The van der Waals surface area contributed by atoms with Gasteiger partial charge in [-0.3, -0.25) is 4.79 Å². The first-order valence-corrected chi connectivity index (χ1v) is 11.3. The molecule has 10 heteroatoms. The Balaban J connectivity index is 1.89. The number of nitrogens with zero attached hydrogens (tertiary/aromatic N) is 1. The number of nitrogens with one attached hydrogen (secondary N) is 1. The van der Waals surface area contributed by atoms with Crippen LogP contribution in [0.2, 0.25) is 10.0 Å². The predicted molar refractivity (Wildman–Crippen MR) is 119 cm³/mol. The zero-order valence-electron chi connectivity index (χ0n) is 16.8. The Hall–Kier alpha value is -2.52. The maximum atomic E-state index is 13.2.